The largest absolute Gasteiger partial charge is 0.474 e. The third-order valence-electron chi connectivity index (χ3n) is 3.08. The Balaban J connectivity index is 2.44. The average Bonchev–Trinajstić information content (AvgIpc) is 2.44. The average molecular weight is 325 g/mol. The van der Waals surface area contributed by atoms with Crippen LogP contribution < -0.4 is 9.64 Å². The number of anilines is 2. The number of alkyl halides is 3. The van der Waals surface area contributed by atoms with Crippen LogP contribution in [0.15, 0.2) is 30.5 Å². The summed E-state index contributed by atoms with van der Waals surface area (Å²) in [4.78, 5) is 9.40. The third-order valence-corrected chi connectivity index (χ3v) is 3.08. The number of benzene rings is 1. The fraction of sp³-hybridized carbons (Fsp3) is 0.375. The molecule has 2 aromatic rings. The van der Waals surface area contributed by atoms with Gasteiger partial charge in [-0.25, -0.2) is 4.98 Å². The van der Waals surface area contributed by atoms with Gasteiger partial charge in [0.2, 0.25) is 11.8 Å². The van der Waals surface area contributed by atoms with E-state index in [0.29, 0.717) is 0 Å². The Labute approximate surface area is 132 Å². The first-order valence-corrected chi connectivity index (χ1v) is 7.09. The molecule has 0 unspecified atom stereocenters. The Hall–Kier alpha value is -2.31. The summed E-state index contributed by atoms with van der Waals surface area (Å²) in [5, 5.41) is 0. The number of ether oxygens (including phenoxy) is 1. The zero-order valence-corrected chi connectivity index (χ0v) is 13.3. The quantitative estimate of drug-likeness (QED) is 0.837. The number of rotatable bonds is 4. The van der Waals surface area contributed by atoms with Crippen LogP contribution in [0, 0.1) is 6.92 Å². The van der Waals surface area contributed by atoms with E-state index in [1.54, 1.807) is 25.8 Å². The first-order chi connectivity index (χ1) is 10.7. The summed E-state index contributed by atoms with van der Waals surface area (Å²) in [5.74, 6) is -0.323. The van der Waals surface area contributed by atoms with Gasteiger partial charge in [0, 0.05) is 18.9 Å². The summed E-state index contributed by atoms with van der Waals surface area (Å²) in [7, 11) is 1.69. The molecule has 0 atom stereocenters. The van der Waals surface area contributed by atoms with Crippen LogP contribution in [0.3, 0.4) is 0 Å². The molecule has 0 radical (unpaired) electrons. The second kappa shape index (κ2) is 6.44. The minimum Gasteiger partial charge on any atom is -0.474 e. The molecule has 0 fully saturated rings. The van der Waals surface area contributed by atoms with E-state index in [0.717, 1.165) is 17.4 Å². The van der Waals surface area contributed by atoms with Crippen molar-refractivity contribution >= 4 is 11.6 Å². The molecule has 124 valence electrons. The smallest absolute Gasteiger partial charge is 0.423 e. The zero-order chi connectivity index (χ0) is 17.2. The van der Waals surface area contributed by atoms with Gasteiger partial charge in [-0.15, -0.1) is 0 Å². The second-order valence-electron chi connectivity index (χ2n) is 5.45. The summed E-state index contributed by atoms with van der Waals surface area (Å²) in [6, 6.07) is 7.51. The number of nitrogens with zero attached hydrogens (tertiary/aromatic N) is 3. The minimum atomic E-state index is -4.56. The van der Waals surface area contributed by atoms with E-state index in [1.165, 1.54) is 0 Å². The summed E-state index contributed by atoms with van der Waals surface area (Å²) in [6.07, 6.45) is -4.24. The van der Waals surface area contributed by atoms with Gasteiger partial charge in [0.05, 0.1) is 6.10 Å². The highest BCUT2D eigenvalue weighted by molar-refractivity contribution is 5.57. The van der Waals surface area contributed by atoms with Crippen molar-refractivity contribution in [1.82, 2.24) is 9.97 Å². The van der Waals surface area contributed by atoms with E-state index in [-0.39, 0.29) is 5.95 Å². The molecule has 0 spiro atoms. The van der Waals surface area contributed by atoms with Crippen molar-refractivity contribution in [3.63, 3.8) is 0 Å². The lowest BCUT2D eigenvalue weighted by Gasteiger charge is -2.20. The molecule has 0 saturated carbocycles. The predicted molar refractivity (Wildman–Crippen MR) is 82.0 cm³/mol. The van der Waals surface area contributed by atoms with Crippen molar-refractivity contribution in [3.8, 4) is 5.88 Å². The maximum Gasteiger partial charge on any atom is 0.423 e. The first-order valence-electron chi connectivity index (χ1n) is 7.09. The number of aryl methyl sites for hydroxylation is 1. The Kier molecular flexibility index (Phi) is 4.77. The molecule has 1 aromatic carbocycles. The standard InChI is InChI=1S/C16H18F3N3O/c1-10(2)23-14-13(16(17,18)19)9-20-15(21-14)22(4)12-7-5-6-11(3)8-12/h5-10H,1-4H3. The van der Waals surface area contributed by atoms with E-state index < -0.39 is 23.7 Å². The number of hydrogen-bond donors (Lipinski definition) is 0. The van der Waals surface area contributed by atoms with Crippen molar-refractivity contribution in [3.05, 3.63) is 41.6 Å². The van der Waals surface area contributed by atoms with Crippen molar-refractivity contribution in [1.29, 1.82) is 0 Å². The molecule has 7 heteroatoms. The maximum absolute atomic E-state index is 13.0. The summed E-state index contributed by atoms with van der Waals surface area (Å²) < 4.78 is 44.3. The molecule has 0 amide bonds. The van der Waals surface area contributed by atoms with Gasteiger partial charge in [-0.3, -0.25) is 0 Å². The molecule has 0 aliphatic carbocycles. The van der Waals surface area contributed by atoms with Gasteiger partial charge in [0.15, 0.2) is 0 Å². The zero-order valence-electron chi connectivity index (χ0n) is 13.3. The highest BCUT2D eigenvalue weighted by Crippen LogP contribution is 2.36. The van der Waals surface area contributed by atoms with E-state index in [4.69, 9.17) is 4.74 Å². The summed E-state index contributed by atoms with van der Waals surface area (Å²) in [6.45, 7) is 5.22. The van der Waals surface area contributed by atoms with Gasteiger partial charge in [0.1, 0.15) is 5.56 Å². The highest BCUT2D eigenvalue weighted by atomic mass is 19.4. The molecule has 0 N–H and O–H groups in total. The predicted octanol–water partition coefficient (Wildman–Crippen LogP) is 4.36. The van der Waals surface area contributed by atoms with Crippen LogP contribution in [-0.4, -0.2) is 23.1 Å². The molecular weight excluding hydrogens is 307 g/mol. The van der Waals surface area contributed by atoms with Gasteiger partial charge < -0.3 is 9.64 Å². The van der Waals surface area contributed by atoms with Crippen LogP contribution >= 0.6 is 0 Å². The molecular formula is C16H18F3N3O. The number of aromatic nitrogens is 2. The number of hydrogen-bond acceptors (Lipinski definition) is 4. The van der Waals surface area contributed by atoms with Gasteiger partial charge >= 0.3 is 6.18 Å². The fourth-order valence-electron chi connectivity index (χ4n) is 1.98. The Morgan fingerprint density at radius 3 is 2.48 bits per heavy atom. The van der Waals surface area contributed by atoms with Crippen molar-refractivity contribution in [2.45, 2.75) is 33.1 Å². The summed E-state index contributed by atoms with van der Waals surface area (Å²) in [5.41, 5.74) is 0.827. The van der Waals surface area contributed by atoms with E-state index >= 15 is 0 Å². The monoisotopic (exact) mass is 325 g/mol. The maximum atomic E-state index is 13.0. The third kappa shape index (κ3) is 4.12. The van der Waals surface area contributed by atoms with Crippen LogP contribution in [0.1, 0.15) is 25.0 Å². The molecule has 23 heavy (non-hydrogen) atoms. The van der Waals surface area contributed by atoms with Crippen molar-refractivity contribution in [2.24, 2.45) is 0 Å². The lowest BCUT2D eigenvalue weighted by Crippen LogP contribution is -2.19. The molecule has 0 bridgehead atoms. The van der Waals surface area contributed by atoms with E-state index in [1.807, 2.05) is 31.2 Å². The normalized spacial score (nSPS) is 11.7. The van der Waals surface area contributed by atoms with Crippen LogP contribution in [-0.2, 0) is 6.18 Å². The SMILES string of the molecule is Cc1cccc(N(C)c2ncc(C(F)(F)F)c(OC(C)C)n2)c1. The molecule has 4 nitrogen and oxygen atoms in total. The molecule has 0 saturated heterocycles. The van der Waals surface area contributed by atoms with Crippen molar-refractivity contribution < 1.29 is 17.9 Å². The van der Waals surface area contributed by atoms with Gasteiger partial charge in [-0.2, -0.15) is 18.2 Å². The summed E-state index contributed by atoms with van der Waals surface area (Å²) >= 11 is 0. The number of halogens is 3. The Morgan fingerprint density at radius 2 is 1.91 bits per heavy atom. The molecule has 0 aliphatic rings. The van der Waals surface area contributed by atoms with Crippen LogP contribution in [0.4, 0.5) is 24.8 Å². The van der Waals surface area contributed by atoms with Gasteiger partial charge in [-0.05, 0) is 38.5 Å². The van der Waals surface area contributed by atoms with Crippen LogP contribution in [0.2, 0.25) is 0 Å². The van der Waals surface area contributed by atoms with Crippen LogP contribution in [0.25, 0.3) is 0 Å². The lowest BCUT2D eigenvalue weighted by atomic mass is 10.2. The highest BCUT2D eigenvalue weighted by Gasteiger charge is 2.36. The van der Waals surface area contributed by atoms with Crippen molar-refractivity contribution in [2.75, 3.05) is 11.9 Å². The van der Waals surface area contributed by atoms with Crippen LogP contribution in [0.5, 0.6) is 5.88 Å². The van der Waals surface area contributed by atoms with E-state index in [2.05, 4.69) is 9.97 Å². The van der Waals surface area contributed by atoms with Gasteiger partial charge in [-0.1, -0.05) is 12.1 Å². The molecule has 1 heterocycles. The second-order valence-corrected chi connectivity index (χ2v) is 5.45. The topological polar surface area (TPSA) is 38.2 Å². The Bertz CT molecular complexity index is 687. The fourth-order valence-corrected chi connectivity index (χ4v) is 1.98. The molecule has 2 rings (SSSR count). The lowest BCUT2D eigenvalue weighted by molar-refractivity contribution is -0.139. The first kappa shape index (κ1) is 17.1. The van der Waals surface area contributed by atoms with E-state index in [9.17, 15) is 13.2 Å². The Morgan fingerprint density at radius 1 is 1.22 bits per heavy atom. The minimum absolute atomic E-state index is 0.138. The van der Waals surface area contributed by atoms with Gasteiger partial charge in [0.25, 0.3) is 0 Å². The molecule has 0 aliphatic heterocycles. The molecule has 1 aromatic heterocycles.